The average molecular weight is 339 g/mol. The molecule has 2 aromatic rings. The summed E-state index contributed by atoms with van der Waals surface area (Å²) in [6.45, 7) is 5.16. The maximum atomic E-state index is 12.2. The lowest BCUT2D eigenvalue weighted by Crippen LogP contribution is -2.24. The van der Waals surface area contributed by atoms with Gasteiger partial charge in [-0.2, -0.15) is 0 Å². The average Bonchev–Trinajstić information content (AvgIpc) is 2.54. The van der Waals surface area contributed by atoms with Gasteiger partial charge in [0.25, 0.3) is 5.69 Å². The van der Waals surface area contributed by atoms with Crippen molar-refractivity contribution in [2.45, 2.75) is 32.8 Å². The molecule has 0 aliphatic carbocycles. The molecule has 0 spiro atoms. The quantitative estimate of drug-likeness (QED) is 0.445. The molecule has 0 radical (unpaired) electrons. The molecule has 0 heterocycles. The number of rotatable bonds is 5. The molecule has 0 aromatic heterocycles. The first-order valence-corrected chi connectivity index (χ1v) is 7.98. The third-order valence-corrected chi connectivity index (χ3v) is 3.34. The zero-order valence-electron chi connectivity index (χ0n) is 14.6. The number of carbonyl (C=O) groups is 1. The fourth-order valence-corrected chi connectivity index (χ4v) is 2.25. The van der Waals surface area contributed by atoms with Crippen LogP contribution in [0, 0.1) is 10.1 Å². The van der Waals surface area contributed by atoms with Gasteiger partial charge in [0, 0.05) is 6.07 Å². The minimum Gasteiger partial charge on any atom is -0.456 e. The lowest BCUT2D eigenvalue weighted by atomic mass is 10.1. The number of hydrogen-bond acceptors (Lipinski definition) is 4. The first-order valence-electron chi connectivity index (χ1n) is 7.98. The summed E-state index contributed by atoms with van der Waals surface area (Å²) in [5.74, 6) is -0.695. The summed E-state index contributed by atoms with van der Waals surface area (Å²) in [6, 6.07) is 14.4. The molecule has 0 atom stereocenters. The number of nitrogens with zero attached hydrogens (tertiary/aromatic N) is 1. The third-order valence-electron chi connectivity index (χ3n) is 3.34. The minimum absolute atomic E-state index is 0.0415. The summed E-state index contributed by atoms with van der Waals surface area (Å²) in [7, 11) is 0. The second kappa shape index (κ2) is 7.75. The largest absolute Gasteiger partial charge is 0.456 e. The fraction of sp³-hybridized carbons (Fsp3) is 0.250. The Morgan fingerprint density at radius 2 is 1.84 bits per heavy atom. The Hall–Kier alpha value is -2.95. The summed E-state index contributed by atoms with van der Waals surface area (Å²) >= 11 is 0. The number of benzene rings is 2. The lowest BCUT2D eigenvalue weighted by molar-refractivity contribution is -0.385. The maximum Gasteiger partial charge on any atom is 0.345 e. The highest BCUT2D eigenvalue weighted by atomic mass is 16.6. The molecule has 0 N–H and O–H groups in total. The van der Waals surface area contributed by atoms with Crippen molar-refractivity contribution in [1.82, 2.24) is 0 Å². The standard InChI is InChI=1S/C20H21NO4/c1-20(2,3)25-19(22)17-13-12-16(14-18(17)21(23)24)11-7-10-15-8-5-4-6-9-15/h4-9,11-14H,10H2,1-3H3. The van der Waals surface area contributed by atoms with Crippen LogP contribution in [0.15, 0.2) is 54.6 Å². The molecule has 0 aliphatic rings. The molecule has 0 fully saturated rings. The van der Waals surface area contributed by atoms with E-state index in [-0.39, 0.29) is 11.3 Å². The van der Waals surface area contributed by atoms with Crippen molar-refractivity contribution in [1.29, 1.82) is 0 Å². The van der Waals surface area contributed by atoms with Gasteiger partial charge >= 0.3 is 5.97 Å². The van der Waals surface area contributed by atoms with Gasteiger partial charge in [0.2, 0.25) is 0 Å². The highest BCUT2D eigenvalue weighted by Gasteiger charge is 2.25. The molecular weight excluding hydrogens is 318 g/mol. The SMILES string of the molecule is CC(C)(C)OC(=O)c1ccc(C=CCc2ccccc2)cc1[N+](=O)[O-]. The molecule has 0 unspecified atom stereocenters. The van der Waals surface area contributed by atoms with E-state index in [0.29, 0.717) is 5.56 Å². The van der Waals surface area contributed by atoms with Crippen molar-refractivity contribution in [3.8, 4) is 0 Å². The number of hydrogen-bond donors (Lipinski definition) is 0. The predicted octanol–water partition coefficient (Wildman–Crippen LogP) is 4.81. The molecular formula is C20H21NO4. The monoisotopic (exact) mass is 339 g/mol. The molecule has 130 valence electrons. The Kier molecular flexibility index (Phi) is 5.70. The van der Waals surface area contributed by atoms with Crippen LogP contribution in [-0.4, -0.2) is 16.5 Å². The fourth-order valence-electron chi connectivity index (χ4n) is 2.25. The smallest absolute Gasteiger partial charge is 0.345 e. The van der Waals surface area contributed by atoms with Gasteiger partial charge in [0.15, 0.2) is 0 Å². The van der Waals surface area contributed by atoms with Crippen molar-refractivity contribution in [3.63, 3.8) is 0 Å². The Bertz CT molecular complexity index is 789. The van der Waals surface area contributed by atoms with Crippen LogP contribution in [0.5, 0.6) is 0 Å². The summed E-state index contributed by atoms with van der Waals surface area (Å²) in [5.41, 5.74) is 0.809. The molecule has 25 heavy (non-hydrogen) atoms. The van der Waals surface area contributed by atoms with Gasteiger partial charge in [-0.25, -0.2) is 4.79 Å². The summed E-state index contributed by atoms with van der Waals surface area (Å²) in [4.78, 5) is 22.9. The van der Waals surface area contributed by atoms with E-state index in [1.54, 1.807) is 32.9 Å². The molecule has 0 saturated heterocycles. The number of ether oxygens (including phenoxy) is 1. The Balaban J connectivity index is 2.20. The highest BCUT2D eigenvalue weighted by Crippen LogP contribution is 2.24. The molecule has 2 rings (SSSR count). The Labute approximate surface area is 147 Å². The van der Waals surface area contributed by atoms with E-state index in [4.69, 9.17) is 4.74 Å². The van der Waals surface area contributed by atoms with Crippen LogP contribution in [0.2, 0.25) is 0 Å². The van der Waals surface area contributed by atoms with Crippen LogP contribution < -0.4 is 0 Å². The molecule has 5 heteroatoms. The van der Waals surface area contributed by atoms with E-state index in [1.165, 1.54) is 12.1 Å². The van der Waals surface area contributed by atoms with Gasteiger partial charge in [0.05, 0.1) is 4.92 Å². The van der Waals surface area contributed by atoms with Crippen molar-refractivity contribution >= 4 is 17.7 Å². The van der Waals surface area contributed by atoms with E-state index < -0.39 is 16.5 Å². The minimum atomic E-state index is -0.709. The number of carbonyl (C=O) groups excluding carboxylic acids is 1. The van der Waals surface area contributed by atoms with Gasteiger partial charge in [-0.1, -0.05) is 48.6 Å². The molecule has 2 aromatic carbocycles. The first-order chi connectivity index (χ1) is 11.8. The highest BCUT2D eigenvalue weighted by molar-refractivity contribution is 5.94. The lowest BCUT2D eigenvalue weighted by Gasteiger charge is -2.19. The third kappa shape index (κ3) is 5.57. The second-order valence-electron chi connectivity index (χ2n) is 6.63. The van der Waals surface area contributed by atoms with E-state index in [1.807, 2.05) is 36.4 Å². The van der Waals surface area contributed by atoms with E-state index in [2.05, 4.69) is 0 Å². The number of nitro benzene ring substituents is 1. The summed E-state index contributed by atoms with van der Waals surface area (Å²) in [6.07, 6.45) is 4.46. The van der Waals surface area contributed by atoms with E-state index in [0.717, 1.165) is 12.0 Å². The van der Waals surface area contributed by atoms with Crippen molar-refractivity contribution in [2.24, 2.45) is 0 Å². The van der Waals surface area contributed by atoms with Crippen LogP contribution in [0.3, 0.4) is 0 Å². The van der Waals surface area contributed by atoms with Crippen LogP contribution in [0.25, 0.3) is 6.08 Å². The summed E-state index contributed by atoms with van der Waals surface area (Å²) in [5, 5.41) is 11.3. The molecule has 0 aliphatic heterocycles. The Morgan fingerprint density at radius 3 is 2.44 bits per heavy atom. The molecule has 0 bridgehead atoms. The van der Waals surface area contributed by atoms with Crippen molar-refractivity contribution in [2.75, 3.05) is 0 Å². The van der Waals surface area contributed by atoms with Crippen molar-refractivity contribution in [3.05, 3.63) is 81.4 Å². The second-order valence-corrected chi connectivity index (χ2v) is 6.63. The van der Waals surface area contributed by atoms with Crippen LogP contribution >= 0.6 is 0 Å². The molecule has 0 amide bonds. The first kappa shape index (κ1) is 18.4. The van der Waals surface area contributed by atoms with Crippen LogP contribution in [0.1, 0.15) is 42.3 Å². The predicted molar refractivity (Wildman–Crippen MR) is 97.4 cm³/mol. The number of nitro groups is 1. The van der Waals surface area contributed by atoms with Gasteiger partial charge in [-0.05, 0) is 44.4 Å². The number of esters is 1. The van der Waals surface area contributed by atoms with Crippen LogP contribution in [-0.2, 0) is 11.2 Å². The van der Waals surface area contributed by atoms with Gasteiger partial charge in [0.1, 0.15) is 11.2 Å². The topological polar surface area (TPSA) is 69.4 Å². The summed E-state index contributed by atoms with van der Waals surface area (Å²) < 4.78 is 5.23. The molecule has 0 saturated carbocycles. The van der Waals surface area contributed by atoms with E-state index in [9.17, 15) is 14.9 Å². The van der Waals surface area contributed by atoms with E-state index >= 15 is 0 Å². The number of allylic oxidation sites excluding steroid dienone is 1. The van der Waals surface area contributed by atoms with Gasteiger partial charge < -0.3 is 4.74 Å². The van der Waals surface area contributed by atoms with Gasteiger partial charge in [-0.15, -0.1) is 0 Å². The molecule has 5 nitrogen and oxygen atoms in total. The zero-order valence-corrected chi connectivity index (χ0v) is 14.6. The van der Waals surface area contributed by atoms with Crippen LogP contribution in [0.4, 0.5) is 5.69 Å². The van der Waals surface area contributed by atoms with Crippen molar-refractivity contribution < 1.29 is 14.5 Å². The zero-order chi connectivity index (χ0) is 18.4. The normalized spacial score (nSPS) is 11.5. The van der Waals surface area contributed by atoms with Gasteiger partial charge in [-0.3, -0.25) is 10.1 Å². The maximum absolute atomic E-state index is 12.2. The Morgan fingerprint density at radius 1 is 1.16 bits per heavy atom.